The first kappa shape index (κ1) is 14.5. The summed E-state index contributed by atoms with van der Waals surface area (Å²) in [6.07, 6.45) is 1.53. The van der Waals surface area contributed by atoms with Crippen LogP contribution in [0.15, 0.2) is 24.5 Å². The molecule has 2 aromatic rings. The molecule has 2 rings (SSSR count). The number of amides is 2. The summed E-state index contributed by atoms with van der Waals surface area (Å²) in [5, 5.41) is 18.2. The van der Waals surface area contributed by atoms with Gasteiger partial charge in [-0.05, 0) is 19.1 Å². The zero-order chi connectivity index (χ0) is 15.4. The quantitative estimate of drug-likeness (QED) is 0.782. The summed E-state index contributed by atoms with van der Waals surface area (Å²) >= 11 is 0. The third-order valence-electron chi connectivity index (χ3n) is 2.71. The number of aromatic carboxylic acids is 1. The summed E-state index contributed by atoms with van der Waals surface area (Å²) in [4.78, 5) is 26.9. The molecular formula is C13H15N5O3. The topological polar surface area (TPSA) is 109 Å². The molecule has 0 radical (unpaired) electrons. The molecule has 3 N–H and O–H groups in total. The Kier molecular flexibility index (Phi) is 4.17. The molecule has 21 heavy (non-hydrogen) atoms. The van der Waals surface area contributed by atoms with E-state index in [1.807, 2.05) is 0 Å². The molecule has 0 saturated carbocycles. The van der Waals surface area contributed by atoms with Gasteiger partial charge in [0.15, 0.2) is 5.82 Å². The minimum absolute atomic E-state index is 0.0427. The molecule has 0 aliphatic rings. The molecule has 0 saturated heterocycles. The van der Waals surface area contributed by atoms with Gasteiger partial charge in [0.05, 0.1) is 17.8 Å². The summed E-state index contributed by atoms with van der Waals surface area (Å²) < 4.78 is 1.53. The second-order valence-corrected chi connectivity index (χ2v) is 4.50. The molecule has 0 unspecified atom stereocenters. The van der Waals surface area contributed by atoms with Crippen LogP contribution >= 0.6 is 0 Å². The van der Waals surface area contributed by atoms with Crippen molar-refractivity contribution < 1.29 is 14.7 Å². The second-order valence-electron chi connectivity index (χ2n) is 4.50. The van der Waals surface area contributed by atoms with Crippen LogP contribution in [0.3, 0.4) is 0 Å². The smallest absolute Gasteiger partial charge is 0.337 e. The highest BCUT2D eigenvalue weighted by atomic mass is 16.4. The molecular weight excluding hydrogens is 274 g/mol. The lowest BCUT2D eigenvalue weighted by molar-refractivity contribution is 0.0698. The summed E-state index contributed by atoms with van der Waals surface area (Å²) in [5.41, 5.74) is 1.08. The fourth-order valence-electron chi connectivity index (χ4n) is 1.73. The Balaban J connectivity index is 2.01. The van der Waals surface area contributed by atoms with Crippen molar-refractivity contribution in [3.63, 3.8) is 0 Å². The monoisotopic (exact) mass is 289 g/mol. The molecule has 0 atom stereocenters. The number of carbonyl (C=O) groups is 2. The van der Waals surface area contributed by atoms with Crippen LogP contribution in [0.5, 0.6) is 0 Å². The van der Waals surface area contributed by atoms with Gasteiger partial charge < -0.3 is 15.7 Å². The molecule has 0 spiro atoms. The number of urea groups is 1. The first-order valence-electron chi connectivity index (χ1n) is 6.19. The van der Waals surface area contributed by atoms with Crippen molar-refractivity contribution in [1.29, 1.82) is 0 Å². The first-order chi connectivity index (χ1) is 9.95. The zero-order valence-electron chi connectivity index (χ0n) is 11.6. The Morgan fingerprint density at radius 2 is 2.14 bits per heavy atom. The summed E-state index contributed by atoms with van der Waals surface area (Å²) in [6, 6.07) is 4.26. The normalized spacial score (nSPS) is 10.2. The lowest BCUT2D eigenvalue weighted by Gasteiger charge is -2.09. The lowest BCUT2D eigenvalue weighted by atomic mass is 10.1. The van der Waals surface area contributed by atoms with E-state index >= 15 is 0 Å². The number of carboxylic acids is 1. The number of hydrogen-bond acceptors (Lipinski definition) is 4. The molecule has 1 heterocycles. The van der Waals surface area contributed by atoms with Crippen molar-refractivity contribution in [2.45, 2.75) is 13.5 Å². The molecule has 1 aromatic carbocycles. The van der Waals surface area contributed by atoms with Crippen LogP contribution in [0.25, 0.3) is 0 Å². The number of benzene rings is 1. The van der Waals surface area contributed by atoms with Gasteiger partial charge >= 0.3 is 12.0 Å². The van der Waals surface area contributed by atoms with Crippen LogP contribution < -0.4 is 10.6 Å². The highest BCUT2D eigenvalue weighted by molar-refractivity contribution is 6.00. The number of carbonyl (C=O) groups excluding carboxylic acids is 1. The molecule has 0 aliphatic carbocycles. The maximum absolute atomic E-state index is 11.8. The Bertz CT molecular complexity index is 680. The Hall–Kier alpha value is -2.90. The summed E-state index contributed by atoms with van der Waals surface area (Å²) in [7, 11) is 1.72. The van der Waals surface area contributed by atoms with Crippen LogP contribution in [0, 0.1) is 6.92 Å². The standard InChI is InChI=1S/C13H15N5O3/c1-8-3-4-10(9(5-8)12(19)20)16-13(21)14-6-11-15-7-18(2)17-11/h3-5,7H,6H2,1-2H3,(H,19,20)(H2,14,16,21). The Labute approximate surface area is 120 Å². The van der Waals surface area contributed by atoms with Crippen molar-refractivity contribution in [3.05, 3.63) is 41.5 Å². The fourth-order valence-corrected chi connectivity index (χ4v) is 1.73. The molecule has 8 heteroatoms. The number of aromatic nitrogens is 3. The number of anilines is 1. The first-order valence-corrected chi connectivity index (χ1v) is 6.19. The van der Waals surface area contributed by atoms with Gasteiger partial charge in [0.2, 0.25) is 0 Å². The lowest BCUT2D eigenvalue weighted by Crippen LogP contribution is -2.29. The molecule has 1 aromatic heterocycles. The van der Waals surface area contributed by atoms with Gasteiger partial charge in [-0.25, -0.2) is 14.6 Å². The number of carboxylic acid groups (broad SMARTS) is 1. The fraction of sp³-hybridized carbons (Fsp3) is 0.231. The third kappa shape index (κ3) is 3.78. The van der Waals surface area contributed by atoms with E-state index in [9.17, 15) is 9.59 Å². The second kappa shape index (κ2) is 6.04. The van der Waals surface area contributed by atoms with Crippen LogP contribution in [-0.4, -0.2) is 31.9 Å². The molecule has 2 amide bonds. The van der Waals surface area contributed by atoms with Gasteiger partial charge in [0.1, 0.15) is 6.33 Å². The average Bonchev–Trinajstić information content (AvgIpc) is 2.84. The predicted octanol–water partition coefficient (Wildman–Crippen LogP) is 1.14. The summed E-state index contributed by atoms with van der Waals surface area (Å²) in [6.45, 7) is 1.93. The zero-order valence-corrected chi connectivity index (χ0v) is 11.6. The molecule has 8 nitrogen and oxygen atoms in total. The molecule has 0 bridgehead atoms. The van der Waals surface area contributed by atoms with Gasteiger partial charge in [0.25, 0.3) is 0 Å². The van der Waals surface area contributed by atoms with E-state index in [2.05, 4.69) is 20.7 Å². The number of rotatable bonds is 4. The number of nitrogens with zero attached hydrogens (tertiary/aromatic N) is 3. The van der Waals surface area contributed by atoms with Crippen molar-refractivity contribution in [1.82, 2.24) is 20.1 Å². The number of hydrogen-bond donors (Lipinski definition) is 3. The third-order valence-corrected chi connectivity index (χ3v) is 2.71. The number of nitrogens with one attached hydrogen (secondary N) is 2. The van der Waals surface area contributed by atoms with Crippen LogP contribution in [0.2, 0.25) is 0 Å². The minimum atomic E-state index is -1.10. The highest BCUT2D eigenvalue weighted by Crippen LogP contribution is 2.17. The van der Waals surface area contributed by atoms with Gasteiger partial charge in [-0.1, -0.05) is 11.6 Å². The van der Waals surface area contributed by atoms with Gasteiger partial charge in [-0.3, -0.25) is 4.68 Å². The van der Waals surface area contributed by atoms with E-state index in [4.69, 9.17) is 5.11 Å². The van der Waals surface area contributed by atoms with E-state index < -0.39 is 12.0 Å². The Morgan fingerprint density at radius 1 is 1.38 bits per heavy atom. The molecule has 110 valence electrons. The van der Waals surface area contributed by atoms with Crippen molar-refractivity contribution in [2.75, 3.05) is 5.32 Å². The average molecular weight is 289 g/mol. The van der Waals surface area contributed by atoms with Crippen molar-refractivity contribution >= 4 is 17.7 Å². The van der Waals surface area contributed by atoms with E-state index in [1.165, 1.54) is 17.1 Å². The SMILES string of the molecule is Cc1ccc(NC(=O)NCc2ncn(C)n2)c(C(=O)O)c1. The number of aryl methyl sites for hydroxylation is 2. The van der Waals surface area contributed by atoms with Crippen LogP contribution in [0.4, 0.5) is 10.5 Å². The van der Waals surface area contributed by atoms with Gasteiger partial charge in [0, 0.05) is 7.05 Å². The van der Waals surface area contributed by atoms with Gasteiger partial charge in [-0.2, -0.15) is 5.10 Å². The predicted molar refractivity (Wildman–Crippen MR) is 75.0 cm³/mol. The van der Waals surface area contributed by atoms with E-state index in [1.54, 1.807) is 26.1 Å². The summed E-state index contributed by atoms with van der Waals surface area (Å²) in [5.74, 6) is -0.629. The molecule has 0 fully saturated rings. The van der Waals surface area contributed by atoms with E-state index in [-0.39, 0.29) is 17.8 Å². The molecule has 0 aliphatic heterocycles. The van der Waals surface area contributed by atoms with E-state index in [0.717, 1.165) is 5.56 Å². The maximum atomic E-state index is 11.8. The Morgan fingerprint density at radius 3 is 2.76 bits per heavy atom. The van der Waals surface area contributed by atoms with Crippen molar-refractivity contribution in [3.8, 4) is 0 Å². The van der Waals surface area contributed by atoms with Crippen LogP contribution in [-0.2, 0) is 13.6 Å². The van der Waals surface area contributed by atoms with Crippen molar-refractivity contribution in [2.24, 2.45) is 7.05 Å². The van der Waals surface area contributed by atoms with Gasteiger partial charge in [-0.15, -0.1) is 0 Å². The highest BCUT2D eigenvalue weighted by Gasteiger charge is 2.12. The maximum Gasteiger partial charge on any atom is 0.337 e. The largest absolute Gasteiger partial charge is 0.478 e. The van der Waals surface area contributed by atoms with E-state index in [0.29, 0.717) is 5.82 Å². The minimum Gasteiger partial charge on any atom is -0.478 e. The van der Waals surface area contributed by atoms with Crippen LogP contribution in [0.1, 0.15) is 21.7 Å².